The monoisotopic (exact) mass is 372 g/mol. The molecule has 2 atom stereocenters. The van der Waals surface area contributed by atoms with E-state index in [1.807, 2.05) is 67.6 Å². The highest BCUT2D eigenvalue weighted by molar-refractivity contribution is 6.00. The van der Waals surface area contributed by atoms with Gasteiger partial charge in [0.2, 0.25) is 11.8 Å². The standard InChI is InChI=1S/C20H23N3O2.ClH/c1-20(19(25)22-16-11-6-3-7-12-16)14-8-13-17(23-20)18(24)21-15-9-4-2-5-10-15;/h2-7,9-12,17,23H,8,13-14H2,1H3,(H,21,24)(H,22,25);1H/p-1. The lowest BCUT2D eigenvalue weighted by molar-refractivity contribution is -0.125. The number of carbonyl (C=O) groups excluding carboxylic acids is 2. The topological polar surface area (TPSA) is 70.2 Å². The molecule has 1 aliphatic heterocycles. The number of nitrogens with one attached hydrogen (secondary N) is 3. The molecule has 1 aliphatic rings. The molecule has 138 valence electrons. The number of carbonyl (C=O) groups is 2. The van der Waals surface area contributed by atoms with Crippen molar-refractivity contribution in [3.63, 3.8) is 0 Å². The van der Waals surface area contributed by atoms with Crippen LogP contribution < -0.4 is 28.4 Å². The van der Waals surface area contributed by atoms with E-state index in [0.717, 1.165) is 17.8 Å². The van der Waals surface area contributed by atoms with Crippen LogP contribution in [-0.4, -0.2) is 23.4 Å². The molecule has 2 aromatic rings. The SMILES string of the molecule is CC1(C(=O)Nc2ccccc2)CCCC(C(=O)Nc2ccccc2)N1.[Cl-]. The first kappa shape index (κ1) is 19.9. The summed E-state index contributed by atoms with van der Waals surface area (Å²) in [6.45, 7) is 1.85. The van der Waals surface area contributed by atoms with E-state index in [1.165, 1.54) is 0 Å². The Balaban J connectivity index is 0.00000243. The maximum Gasteiger partial charge on any atom is 0.244 e. The zero-order chi connectivity index (χ0) is 17.7. The Morgan fingerprint density at radius 1 is 0.962 bits per heavy atom. The Bertz CT molecular complexity index is 739. The minimum Gasteiger partial charge on any atom is -1.00 e. The summed E-state index contributed by atoms with van der Waals surface area (Å²) in [4.78, 5) is 25.2. The van der Waals surface area contributed by atoms with Crippen LogP contribution in [0.2, 0.25) is 0 Å². The highest BCUT2D eigenvalue weighted by Gasteiger charge is 2.40. The van der Waals surface area contributed by atoms with Crippen LogP contribution in [-0.2, 0) is 9.59 Å². The number of rotatable bonds is 4. The van der Waals surface area contributed by atoms with Gasteiger partial charge in [0.25, 0.3) is 0 Å². The largest absolute Gasteiger partial charge is 1.00 e. The van der Waals surface area contributed by atoms with Crippen molar-refractivity contribution in [2.75, 3.05) is 10.6 Å². The molecule has 3 N–H and O–H groups in total. The third kappa shape index (κ3) is 4.84. The summed E-state index contributed by atoms with van der Waals surface area (Å²) in [6.07, 6.45) is 2.23. The Morgan fingerprint density at radius 2 is 1.50 bits per heavy atom. The zero-order valence-electron chi connectivity index (χ0n) is 14.7. The smallest absolute Gasteiger partial charge is 0.244 e. The van der Waals surface area contributed by atoms with E-state index in [2.05, 4.69) is 16.0 Å². The fourth-order valence-electron chi connectivity index (χ4n) is 3.11. The number of benzene rings is 2. The van der Waals surface area contributed by atoms with Crippen molar-refractivity contribution in [1.82, 2.24) is 5.32 Å². The molecule has 0 aromatic heterocycles. The van der Waals surface area contributed by atoms with Crippen LogP contribution in [0.15, 0.2) is 60.7 Å². The predicted octanol–water partition coefficient (Wildman–Crippen LogP) is 0.169. The summed E-state index contributed by atoms with van der Waals surface area (Å²) in [5, 5.41) is 9.08. The fraction of sp³-hybridized carbons (Fsp3) is 0.300. The van der Waals surface area contributed by atoms with Crippen LogP contribution >= 0.6 is 0 Å². The predicted molar refractivity (Wildman–Crippen MR) is 99.3 cm³/mol. The lowest BCUT2D eigenvalue weighted by atomic mass is 9.86. The third-order valence-electron chi connectivity index (χ3n) is 4.55. The van der Waals surface area contributed by atoms with Crippen molar-refractivity contribution in [2.24, 2.45) is 0 Å². The molecule has 0 bridgehead atoms. The summed E-state index contributed by atoms with van der Waals surface area (Å²) in [5.74, 6) is -0.222. The average Bonchev–Trinajstić information content (AvgIpc) is 2.63. The first-order valence-corrected chi connectivity index (χ1v) is 8.57. The molecule has 6 heteroatoms. The van der Waals surface area contributed by atoms with E-state index in [1.54, 1.807) is 0 Å². The number of anilines is 2. The molecule has 26 heavy (non-hydrogen) atoms. The van der Waals surface area contributed by atoms with Crippen molar-refractivity contribution in [3.05, 3.63) is 60.7 Å². The first-order valence-electron chi connectivity index (χ1n) is 8.57. The Morgan fingerprint density at radius 3 is 2.08 bits per heavy atom. The molecular weight excluding hydrogens is 350 g/mol. The van der Waals surface area contributed by atoms with Crippen molar-refractivity contribution in [2.45, 2.75) is 37.8 Å². The Labute approximate surface area is 160 Å². The van der Waals surface area contributed by atoms with Crippen molar-refractivity contribution in [3.8, 4) is 0 Å². The second-order valence-electron chi connectivity index (χ2n) is 6.60. The van der Waals surface area contributed by atoms with Crippen molar-refractivity contribution < 1.29 is 22.0 Å². The second kappa shape index (κ2) is 8.83. The molecule has 2 amide bonds. The third-order valence-corrected chi connectivity index (χ3v) is 4.55. The highest BCUT2D eigenvalue weighted by atomic mass is 35.5. The fourth-order valence-corrected chi connectivity index (χ4v) is 3.11. The van der Waals surface area contributed by atoms with Gasteiger partial charge in [-0.15, -0.1) is 0 Å². The summed E-state index contributed by atoms with van der Waals surface area (Å²) in [7, 11) is 0. The van der Waals surface area contributed by atoms with Gasteiger partial charge in [-0.25, -0.2) is 0 Å². The van der Waals surface area contributed by atoms with Crippen LogP contribution in [0.3, 0.4) is 0 Å². The molecule has 1 saturated heterocycles. The second-order valence-corrected chi connectivity index (χ2v) is 6.60. The molecule has 0 aliphatic carbocycles. The van der Waals surface area contributed by atoms with Crippen LogP contribution in [0.5, 0.6) is 0 Å². The van der Waals surface area contributed by atoms with Gasteiger partial charge < -0.3 is 23.0 Å². The minimum absolute atomic E-state index is 0. The van der Waals surface area contributed by atoms with Crippen LogP contribution in [0.4, 0.5) is 11.4 Å². The average molecular weight is 373 g/mol. The summed E-state index contributed by atoms with van der Waals surface area (Å²) in [6, 6.07) is 18.3. The zero-order valence-corrected chi connectivity index (χ0v) is 15.4. The van der Waals surface area contributed by atoms with Crippen LogP contribution in [0.25, 0.3) is 0 Å². The van der Waals surface area contributed by atoms with Gasteiger partial charge in [0.15, 0.2) is 0 Å². The molecule has 2 unspecified atom stereocenters. The normalized spacial score (nSPS) is 22.0. The molecule has 1 heterocycles. The molecule has 0 radical (unpaired) electrons. The van der Waals surface area contributed by atoms with Crippen molar-refractivity contribution >= 4 is 23.2 Å². The summed E-state index contributed by atoms with van der Waals surface area (Å²) < 4.78 is 0. The minimum atomic E-state index is -0.771. The summed E-state index contributed by atoms with van der Waals surface area (Å²) >= 11 is 0. The van der Waals surface area contributed by atoms with E-state index in [9.17, 15) is 9.59 Å². The van der Waals surface area contributed by atoms with E-state index in [0.29, 0.717) is 12.8 Å². The molecular formula is C20H23ClN3O2-. The van der Waals surface area contributed by atoms with E-state index in [4.69, 9.17) is 0 Å². The molecule has 0 spiro atoms. The van der Waals surface area contributed by atoms with Crippen LogP contribution in [0.1, 0.15) is 26.2 Å². The van der Waals surface area contributed by atoms with Crippen LogP contribution in [0, 0.1) is 0 Å². The van der Waals surface area contributed by atoms with E-state index >= 15 is 0 Å². The van der Waals surface area contributed by atoms with Gasteiger partial charge in [0, 0.05) is 11.4 Å². The van der Waals surface area contributed by atoms with Gasteiger partial charge in [-0.05, 0) is 50.5 Å². The summed E-state index contributed by atoms with van der Waals surface area (Å²) in [5.41, 5.74) is 0.744. The number of amides is 2. The van der Waals surface area contributed by atoms with Crippen molar-refractivity contribution in [1.29, 1.82) is 0 Å². The molecule has 3 rings (SSSR count). The number of para-hydroxylation sites is 2. The molecule has 1 fully saturated rings. The Hall–Kier alpha value is -2.37. The molecule has 5 nitrogen and oxygen atoms in total. The quantitative estimate of drug-likeness (QED) is 0.716. The van der Waals surface area contributed by atoms with Gasteiger partial charge in [0.05, 0.1) is 11.6 Å². The van der Waals surface area contributed by atoms with Gasteiger partial charge in [0.1, 0.15) is 0 Å². The number of halogens is 1. The molecule has 0 saturated carbocycles. The first-order chi connectivity index (χ1) is 12.1. The van der Waals surface area contributed by atoms with Gasteiger partial charge >= 0.3 is 0 Å². The van der Waals surface area contributed by atoms with E-state index in [-0.39, 0.29) is 30.3 Å². The maximum atomic E-state index is 12.7. The molecule has 2 aromatic carbocycles. The number of hydrogen-bond acceptors (Lipinski definition) is 3. The highest BCUT2D eigenvalue weighted by Crippen LogP contribution is 2.25. The lowest BCUT2D eigenvalue weighted by Crippen LogP contribution is -3.00. The number of piperidine rings is 1. The maximum absolute atomic E-state index is 12.7. The Kier molecular flexibility index (Phi) is 6.77. The lowest BCUT2D eigenvalue weighted by Gasteiger charge is -2.37. The van der Waals surface area contributed by atoms with Gasteiger partial charge in [-0.3, -0.25) is 14.9 Å². The van der Waals surface area contributed by atoms with Gasteiger partial charge in [-0.2, -0.15) is 0 Å². The van der Waals surface area contributed by atoms with E-state index < -0.39 is 5.54 Å². The number of hydrogen-bond donors (Lipinski definition) is 3. The van der Waals surface area contributed by atoms with Gasteiger partial charge in [-0.1, -0.05) is 36.4 Å².